The lowest BCUT2D eigenvalue weighted by atomic mass is 9.96. The lowest BCUT2D eigenvalue weighted by Gasteiger charge is -2.20. The van der Waals surface area contributed by atoms with Crippen molar-refractivity contribution < 1.29 is 19.1 Å². The standard InChI is InChI=1S/C17H26N2O4/c1-11(13-8-7-12(22-5)9-14(13)23-6)19-15(20)10-18-16(21)17(2,3)4/h7-9,11H,10H2,1-6H3,(H,18,21)(H,19,20). The molecule has 0 aromatic heterocycles. The molecule has 0 aliphatic rings. The average molecular weight is 322 g/mol. The van der Waals surface area contributed by atoms with Gasteiger partial charge in [0.05, 0.1) is 26.8 Å². The van der Waals surface area contributed by atoms with E-state index < -0.39 is 5.41 Å². The first kappa shape index (κ1) is 18.8. The normalized spacial score (nSPS) is 12.3. The van der Waals surface area contributed by atoms with Gasteiger partial charge in [0, 0.05) is 17.0 Å². The number of methoxy groups -OCH3 is 2. The number of hydrogen-bond donors (Lipinski definition) is 2. The summed E-state index contributed by atoms with van der Waals surface area (Å²) in [5, 5.41) is 5.46. The maximum absolute atomic E-state index is 12.0. The molecule has 0 saturated heterocycles. The molecule has 128 valence electrons. The van der Waals surface area contributed by atoms with Gasteiger partial charge >= 0.3 is 0 Å². The van der Waals surface area contributed by atoms with E-state index in [2.05, 4.69) is 10.6 Å². The van der Waals surface area contributed by atoms with Gasteiger partial charge in [-0.25, -0.2) is 0 Å². The van der Waals surface area contributed by atoms with Gasteiger partial charge in [-0.05, 0) is 19.1 Å². The Bertz CT molecular complexity index is 564. The van der Waals surface area contributed by atoms with Crippen LogP contribution >= 0.6 is 0 Å². The Morgan fingerprint density at radius 1 is 1.17 bits per heavy atom. The molecule has 0 aliphatic heterocycles. The summed E-state index contributed by atoms with van der Waals surface area (Å²) in [6.45, 7) is 7.19. The molecule has 0 aliphatic carbocycles. The molecule has 2 amide bonds. The zero-order chi connectivity index (χ0) is 17.6. The van der Waals surface area contributed by atoms with E-state index in [0.29, 0.717) is 11.5 Å². The largest absolute Gasteiger partial charge is 0.497 e. The van der Waals surface area contributed by atoms with Gasteiger partial charge in [-0.2, -0.15) is 0 Å². The van der Waals surface area contributed by atoms with Crippen molar-refractivity contribution in [1.82, 2.24) is 10.6 Å². The lowest BCUT2D eigenvalue weighted by Crippen LogP contribution is -2.42. The molecule has 0 heterocycles. The third-order valence-electron chi connectivity index (χ3n) is 3.38. The Morgan fingerprint density at radius 2 is 1.83 bits per heavy atom. The van der Waals surface area contributed by atoms with Crippen molar-refractivity contribution in [2.75, 3.05) is 20.8 Å². The van der Waals surface area contributed by atoms with Crippen molar-refractivity contribution in [3.8, 4) is 11.5 Å². The Hall–Kier alpha value is -2.24. The van der Waals surface area contributed by atoms with Crippen molar-refractivity contribution in [3.05, 3.63) is 23.8 Å². The van der Waals surface area contributed by atoms with Gasteiger partial charge in [0.2, 0.25) is 11.8 Å². The van der Waals surface area contributed by atoms with Crippen molar-refractivity contribution in [2.24, 2.45) is 5.41 Å². The highest BCUT2D eigenvalue weighted by atomic mass is 16.5. The van der Waals surface area contributed by atoms with Crippen LogP contribution in [-0.4, -0.2) is 32.6 Å². The maximum atomic E-state index is 12.0. The fraction of sp³-hybridized carbons (Fsp3) is 0.529. The minimum Gasteiger partial charge on any atom is -0.497 e. The third kappa shape index (κ3) is 5.47. The predicted octanol–water partition coefficient (Wildman–Crippen LogP) is 2.04. The molecule has 1 unspecified atom stereocenters. The molecule has 1 atom stereocenters. The molecule has 0 radical (unpaired) electrons. The fourth-order valence-corrected chi connectivity index (χ4v) is 1.97. The summed E-state index contributed by atoms with van der Waals surface area (Å²) in [5.41, 5.74) is 0.314. The van der Waals surface area contributed by atoms with Gasteiger partial charge in [0.1, 0.15) is 11.5 Å². The van der Waals surface area contributed by atoms with Crippen LogP contribution in [0.3, 0.4) is 0 Å². The lowest BCUT2D eigenvalue weighted by molar-refractivity contribution is -0.131. The number of amides is 2. The number of ether oxygens (including phenoxy) is 2. The summed E-state index contributed by atoms with van der Waals surface area (Å²) >= 11 is 0. The van der Waals surface area contributed by atoms with Crippen molar-refractivity contribution in [3.63, 3.8) is 0 Å². The van der Waals surface area contributed by atoms with Gasteiger partial charge < -0.3 is 20.1 Å². The van der Waals surface area contributed by atoms with E-state index in [9.17, 15) is 9.59 Å². The van der Waals surface area contributed by atoms with Crippen LogP contribution in [-0.2, 0) is 9.59 Å². The smallest absolute Gasteiger partial charge is 0.239 e. The number of rotatable bonds is 6. The highest BCUT2D eigenvalue weighted by molar-refractivity contribution is 5.87. The van der Waals surface area contributed by atoms with E-state index in [0.717, 1.165) is 5.56 Å². The Balaban J connectivity index is 2.67. The van der Waals surface area contributed by atoms with E-state index in [4.69, 9.17) is 9.47 Å². The van der Waals surface area contributed by atoms with Crippen LogP contribution in [0.4, 0.5) is 0 Å². The topological polar surface area (TPSA) is 76.7 Å². The molecular weight excluding hydrogens is 296 g/mol. The van der Waals surface area contributed by atoms with Gasteiger partial charge in [-0.3, -0.25) is 9.59 Å². The monoisotopic (exact) mass is 322 g/mol. The number of benzene rings is 1. The van der Waals surface area contributed by atoms with E-state index in [1.54, 1.807) is 41.1 Å². The van der Waals surface area contributed by atoms with Crippen LogP contribution in [0.5, 0.6) is 11.5 Å². The molecule has 1 rings (SSSR count). The van der Waals surface area contributed by atoms with Crippen LogP contribution < -0.4 is 20.1 Å². The Labute approximate surface area is 137 Å². The Morgan fingerprint density at radius 3 is 2.35 bits per heavy atom. The van der Waals surface area contributed by atoms with Crippen LogP contribution in [0.2, 0.25) is 0 Å². The van der Waals surface area contributed by atoms with E-state index >= 15 is 0 Å². The first-order chi connectivity index (χ1) is 10.7. The summed E-state index contributed by atoms with van der Waals surface area (Å²) in [5.74, 6) is 0.896. The minimum atomic E-state index is -0.523. The molecule has 0 fully saturated rings. The molecule has 6 heteroatoms. The molecule has 0 bridgehead atoms. The second-order valence-corrected chi connectivity index (χ2v) is 6.33. The molecular formula is C17H26N2O4. The Kier molecular flexibility index (Phi) is 6.42. The molecule has 1 aromatic rings. The van der Waals surface area contributed by atoms with Crippen molar-refractivity contribution in [1.29, 1.82) is 0 Å². The molecule has 0 saturated carbocycles. The third-order valence-corrected chi connectivity index (χ3v) is 3.38. The van der Waals surface area contributed by atoms with Crippen LogP contribution in [0.1, 0.15) is 39.3 Å². The SMILES string of the molecule is COc1ccc(C(C)NC(=O)CNC(=O)C(C)(C)C)c(OC)c1. The van der Waals surface area contributed by atoms with Gasteiger partial charge in [0.15, 0.2) is 0 Å². The zero-order valence-corrected chi connectivity index (χ0v) is 14.6. The quantitative estimate of drug-likeness (QED) is 0.840. The highest BCUT2D eigenvalue weighted by Crippen LogP contribution is 2.29. The molecule has 0 spiro atoms. The highest BCUT2D eigenvalue weighted by Gasteiger charge is 2.22. The number of carbonyl (C=O) groups is 2. The fourth-order valence-electron chi connectivity index (χ4n) is 1.97. The molecule has 2 N–H and O–H groups in total. The van der Waals surface area contributed by atoms with E-state index in [1.807, 2.05) is 19.1 Å². The van der Waals surface area contributed by atoms with Crippen LogP contribution in [0, 0.1) is 5.41 Å². The average Bonchev–Trinajstić information content (AvgIpc) is 2.50. The summed E-state index contributed by atoms with van der Waals surface area (Å²) in [6.07, 6.45) is 0. The molecule has 6 nitrogen and oxygen atoms in total. The van der Waals surface area contributed by atoms with Crippen LogP contribution in [0.25, 0.3) is 0 Å². The van der Waals surface area contributed by atoms with Gasteiger partial charge in [-0.1, -0.05) is 20.8 Å². The second kappa shape index (κ2) is 7.85. The van der Waals surface area contributed by atoms with Gasteiger partial charge in [0.25, 0.3) is 0 Å². The zero-order valence-electron chi connectivity index (χ0n) is 14.6. The minimum absolute atomic E-state index is 0.0566. The number of hydrogen-bond acceptors (Lipinski definition) is 4. The number of nitrogens with one attached hydrogen (secondary N) is 2. The summed E-state index contributed by atoms with van der Waals surface area (Å²) in [4.78, 5) is 23.8. The predicted molar refractivity (Wildman–Crippen MR) is 88.6 cm³/mol. The number of carbonyl (C=O) groups excluding carboxylic acids is 2. The van der Waals surface area contributed by atoms with Crippen molar-refractivity contribution >= 4 is 11.8 Å². The van der Waals surface area contributed by atoms with Crippen molar-refractivity contribution in [2.45, 2.75) is 33.7 Å². The van der Waals surface area contributed by atoms with E-state index in [-0.39, 0.29) is 24.4 Å². The van der Waals surface area contributed by atoms with E-state index in [1.165, 1.54) is 0 Å². The summed E-state index contributed by atoms with van der Waals surface area (Å²) in [6, 6.07) is 5.16. The molecule has 23 heavy (non-hydrogen) atoms. The van der Waals surface area contributed by atoms with Gasteiger partial charge in [-0.15, -0.1) is 0 Å². The van der Waals surface area contributed by atoms with Crippen LogP contribution in [0.15, 0.2) is 18.2 Å². The summed E-state index contributed by atoms with van der Waals surface area (Å²) in [7, 11) is 3.15. The maximum Gasteiger partial charge on any atom is 0.239 e. The summed E-state index contributed by atoms with van der Waals surface area (Å²) < 4.78 is 10.5. The first-order valence-corrected chi connectivity index (χ1v) is 7.48. The second-order valence-electron chi connectivity index (χ2n) is 6.33. The molecule has 1 aromatic carbocycles. The first-order valence-electron chi connectivity index (χ1n) is 7.48.